The molecule has 0 spiro atoms. The van der Waals surface area contributed by atoms with Crippen molar-refractivity contribution in [2.24, 2.45) is 0 Å². The first kappa shape index (κ1) is 14.3. The second-order valence-corrected chi connectivity index (χ2v) is 5.30. The molecule has 0 saturated heterocycles. The fourth-order valence-corrected chi connectivity index (χ4v) is 2.61. The number of ether oxygens (including phenoxy) is 1. The second-order valence-electron chi connectivity index (χ2n) is 4.52. The highest BCUT2D eigenvalue weighted by molar-refractivity contribution is 7.08. The number of carbonyl (C=O) groups is 1. The van der Waals surface area contributed by atoms with Crippen molar-refractivity contribution in [3.63, 3.8) is 0 Å². The molecule has 2 heterocycles. The maximum Gasteiger partial charge on any atom is 0.255 e. The van der Waals surface area contributed by atoms with E-state index in [0.29, 0.717) is 23.6 Å². The first-order valence-corrected chi connectivity index (χ1v) is 7.57. The molecule has 0 radical (unpaired) electrons. The molecule has 2 aromatic heterocycles. The summed E-state index contributed by atoms with van der Waals surface area (Å²) >= 11 is 1.59. The molecule has 0 unspecified atom stereocenters. The summed E-state index contributed by atoms with van der Waals surface area (Å²) in [7, 11) is 1.54. The zero-order valence-corrected chi connectivity index (χ0v) is 12.7. The number of hydrogen-bond acceptors (Lipinski definition) is 5. The molecule has 3 aromatic rings. The third-order valence-corrected chi connectivity index (χ3v) is 3.76. The lowest BCUT2D eigenvalue weighted by Crippen LogP contribution is -2.23. The summed E-state index contributed by atoms with van der Waals surface area (Å²) < 4.78 is 6.86. The molecule has 7 heteroatoms. The normalized spacial score (nSPS) is 10.4. The predicted molar refractivity (Wildman–Crippen MR) is 83.4 cm³/mol. The van der Waals surface area contributed by atoms with Crippen LogP contribution in [0.5, 0.6) is 5.75 Å². The largest absolute Gasteiger partial charge is 0.496 e. The molecule has 0 saturated carbocycles. The van der Waals surface area contributed by atoms with Crippen LogP contribution in [0.3, 0.4) is 0 Å². The zero-order chi connectivity index (χ0) is 15.4. The zero-order valence-electron chi connectivity index (χ0n) is 11.9. The van der Waals surface area contributed by atoms with Crippen molar-refractivity contribution in [2.45, 2.75) is 6.54 Å². The van der Waals surface area contributed by atoms with E-state index in [1.165, 1.54) is 0 Å². The lowest BCUT2D eigenvalue weighted by atomic mass is 10.2. The minimum atomic E-state index is -0.206. The molecular formula is C15H14N4O2S. The summed E-state index contributed by atoms with van der Waals surface area (Å²) in [5.74, 6) is 0.337. The standard InChI is InChI=1S/C15H14N4O2S/c1-21-14-5-3-2-4-13(14)15(20)16-8-11-9-19(18-17-11)12-6-7-22-10-12/h2-7,9-10H,8H2,1H3,(H,16,20). The number of nitrogens with zero attached hydrogens (tertiary/aromatic N) is 3. The summed E-state index contributed by atoms with van der Waals surface area (Å²) in [6.45, 7) is 0.307. The summed E-state index contributed by atoms with van der Waals surface area (Å²) in [5.41, 5.74) is 2.14. The lowest BCUT2D eigenvalue weighted by Gasteiger charge is -2.07. The molecule has 1 aromatic carbocycles. The van der Waals surface area contributed by atoms with Crippen LogP contribution in [0, 0.1) is 0 Å². The Balaban J connectivity index is 1.66. The van der Waals surface area contributed by atoms with Crippen LogP contribution in [0.25, 0.3) is 5.69 Å². The van der Waals surface area contributed by atoms with Gasteiger partial charge in [0.05, 0.1) is 31.1 Å². The maximum absolute atomic E-state index is 12.2. The quantitative estimate of drug-likeness (QED) is 0.784. The topological polar surface area (TPSA) is 69.0 Å². The van der Waals surface area contributed by atoms with Gasteiger partial charge in [-0.3, -0.25) is 4.79 Å². The number of nitrogens with one attached hydrogen (secondary N) is 1. The van der Waals surface area contributed by atoms with Gasteiger partial charge in [0, 0.05) is 5.38 Å². The molecule has 6 nitrogen and oxygen atoms in total. The monoisotopic (exact) mass is 314 g/mol. The van der Waals surface area contributed by atoms with E-state index in [2.05, 4.69) is 15.6 Å². The molecule has 0 aliphatic rings. The Labute approximate surface area is 131 Å². The highest BCUT2D eigenvalue weighted by atomic mass is 32.1. The van der Waals surface area contributed by atoms with Crippen LogP contribution in [-0.2, 0) is 6.54 Å². The minimum absolute atomic E-state index is 0.206. The van der Waals surface area contributed by atoms with Crippen molar-refractivity contribution in [2.75, 3.05) is 7.11 Å². The highest BCUT2D eigenvalue weighted by Crippen LogP contribution is 2.17. The number of methoxy groups -OCH3 is 1. The van der Waals surface area contributed by atoms with Crippen LogP contribution in [0.1, 0.15) is 16.1 Å². The molecule has 0 aliphatic heterocycles. The van der Waals surface area contributed by atoms with Gasteiger partial charge in [0.15, 0.2) is 0 Å². The van der Waals surface area contributed by atoms with Crippen LogP contribution < -0.4 is 10.1 Å². The molecule has 1 N–H and O–H groups in total. The van der Waals surface area contributed by atoms with Crippen molar-refractivity contribution in [3.05, 3.63) is 58.5 Å². The maximum atomic E-state index is 12.2. The Hall–Kier alpha value is -2.67. The summed E-state index contributed by atoms with van der Waals surface area (Å²) in [4.78, 5) is 12.2. The Morgan fingerprint density at radius 1 is 1.36 bits per heavy atom. The molecule has 0 bridgehead atoms. The van der Waals surface area contributed by atoms with Gasteiger partial charge in [-0.2, -0.15) is 11.3 Å². The minimum Gasteiger partial charge on any atom is -0.496 e. The molecule has 0 aliphatic carbocycles. The number of thiophene rings is 1. The Bertz CT molecular complexity index is 767. The van der Waals surface area contributed by atoms with E-state index in [4.69, 9.17) is 4.74 Å². The van der Waals surface area contributed by atoms with Crippen LogP contribution in [0.4, 0.5) is 0 Å². The fraction of sp³-hybridized carbons (Fsp3) is 0.133. The van der Waals surface area contributed by atoms with Crippen molar-refractivity contribution in [1.82, 2.24) is 20.3 Å². The number of rotatable bonds is 5. The van der Waals surface area contributed by atoms with E-state index >= 15 is 0 Å². The van der Waals surface area contributed by atoms with E-state index in [1.54, 1.807) is 47.5 Å². The van der Waals surface area contributed by atoms with E-state index in [9.17, 15) is 4.79 Å². The number of hydrogen-bond donors (Lipinski definition) is 1. The van der Waals surface area contributed by atoms with Crippen LogP contribution in [0.2, 0.25) is 0 Å². The Morgan fingerprint density at radius 3 is 3.00 bits per heavy atom. The van der Waals surface area contributed by atoms with Gasteiger partial charge in [-0.15, -0.1) is 5.10 Å². The van der Waals surface area contributed by atoms with Gasteiger partial charge in [0.1, 0.15) is 11.4 Å². The molecule has 1 amide bonds. The van der Waals surface area contributed by atoms with Gasteiger partial charge in [-0.05, 0) is 23.6 Å². The Kier molecular flexibility index (Phi) is 4.15. The number of para-hydroxylation sites is 1. The Morgan fingerprint density at radius 2 is 2.23 bits per heavy atom. The summed E-state index contributed by atoms with van der Waals surface area (Å²) in [6.07, 6.45) is 1.80. The third-order valence-electron chi connectivity index (χ3n) is 3.09. The van der Waals surface area contributed by atoms with E-state index < -0.39 is 0 Å². The highest BCUT2D eigenvalue weighted by Gasteiger charge is 2.12. The van der Waals surface area contributed by atoms with Gasteiger partial charge >= 0.3 is 0 Å². The van der Waals surface area contributed by atoms with Gasteiger partial charge < -0.3 is 10.1 Å². The van der Waals surface area contributed by atoms with E-state index in [1.807, 2.05) is 22.9 Å². The van der Waals surface area contributed by atoms with Crippen LogP contribution in [-0.4, -0.2) is 28.0 Å². The molecule has 112 valence electrons. The number of amides is 1. The lowest BCUT2D eigenvalue weighted by molar-refractivity contribution is 0.0947. The second kappa shape index (κ2) is 6.40. The van der Waals surface area contributed by atoms with Crippen molar-refractivity contribution < 1.29 is 9.53 Å². The number of benzene rings is 1. The number of aromatic nitrogens is 3. The van der Waals surface area contributed by atoms with Crippen LogP contribution in [0.15, 0.2) is 47.3 Å². The SMILES string of the molecule is COc1ccccc1C(=O)NCc1cn(-c2ccsc2)nn1. The van der Waals surface area contributed by atoms with Crippen molar-refractivity contribution >= 4 is 17.2 Å². The van der Waals surface area contributed by atoms with Gasteiger partial charge in [0.25, 0.3) is 5.91 Å². The van der Waals surface area contributed by atoms with E-state index in [-0.39, 0.29) is 5.91 Å². The smallest absolute Gasteiger partial charge is 0.255 e. The van der Waals surface area contributed by atoms with Crippen molar-refractivity contribution in [3.8, 4) is 11.4 Å². The summed E-state index contributed by atoms with van der Waals surface area (Å²) in [6, 6.07) is 9.04. The average molecular weight is 314 g/mol. The molecule has 3 rings (SSSR count). The first-order chi connectivity index (χ1) is 10.8. The third kappa shape index (κ3) is 2.99. The molecule has 22 heavy (non-hydrogen) atoms. The molecule has 0 atom stereocenters. The molecular weight excluding hydrogens is 300 g/mol. The summed E-state index contributed by atoms with van der Waals surface area (Å²) in [5, 5.41) is 14.9. The van der Waals surface area contributed by atoms with Gasteiger partial charge in [0.2, 0.25) is 0 Å². The van der Waals surface area contributed by atoms with Gasteiger partial charge in [-0.1, -0.05) is 17.3 Å². The molecule has 0 fully saturated rings. The average Bonchev–Trinajstić information content (AvgIpc) is 3.23. The fourth-order valence-electron chi connectivity index (χ4n) is 1.99. The number of carbonyl (C=O) groups excluding carboxylic acids is 1. The predicted octanol–water partition coefficient (Wildman–Crippen LogP) is 2.27. The first-order valence-electron chi connectivity index (χ1n) is 6.63. The van der Waals surface area contributed by atoms with E-state index in [0.717, 1.165) is 5.69 Å². The van der Waals surface area contributed by atoms with Crippen LogP contribution >= 0.6 is 11.3 Å². The van der Waals surface area contributed by atoms with Crippen molar-refractivity contribution in [1.29, 1.82) is 0 Å². The van der Waals surface area contributed by atoms with Gasteiger partial charge in [-0.25, -0.2) is 4.68 Å².